The first-order chi connectivity index (χ1) is 7.76. The van der Waals surface area contributed by atoms with Crippen molar-refractivity contribution in [3.63, 3.8) is 0 Å². The number of thioether (sulfide) groups is 1. The van der Waals surface area contributed by atoms with E-state index < -0.39 is 0 Å². The van der Waals surface area contributed by atoms with E-state index in [0.29, 0.717) is 0 Å². The summed E-state index contributed by atoms with van der Waals surface area (Å²) in [5, 5.41) is 0. The van der Waals surface area contributed by atoms with E-state index in [2.05, 4.69) is 46.5 Å². The zero-order chi connectivity index (χ0) is 11.5. The summed E-state index contributed by atoms with van der Waals surface area (Å²) in [5.41, 5.74) is 2.51. The number of carbonyl (C=O) groups excluding carboxylic acids is 1. The minimum Gasteiger partial charge on any atom is -0.303 e. The van der Waals surface area contributed by atoms with Crippen molar-refractivity contribution >= 4 is 39.6 Å². The van der Waals surface area contributed by atoms with E-state index in [1.54, 1.807) is 11.8 Å². The smallest absolute Gasteiger partial charge is 0.128 e. The van der Waals surface area contributed by atoms with Gasteiger partial charge in [0.15, 0.2) is 0 Å². The number of benzene rings is 1. The number of allylic oxidation sites excluding steroid dienone is 2. The summed E-state index contributed by atoms with van der Waals surface area (Å²) in [5.74, 6) is 0.0650. The second kappa shape index (κ2) is 5.19. The van der Waals surface area contributed by atoms with Crippen LogP contribution >= 0.6 is 27.7 Å². The Morgan fingerprint density at radius 1 is 1.38 bits per heavy atom. The van der Waals surface area contributed by atoms with E-state index in [0.717, 1.165) is 23.6 Å². The molecule has 1 aliphatic rings. The van der Waals surface area contributed by atoms with Crippen molar-refractivity contribution in [1.29, 1.82) is 0 Å². The van der Waals surface area contributed by atoms with E-state index >= 15 is 0 Å². The molecule has 1 aromatic carbocycles. The molecule has 0 saturated carbocycles. The molecule has 0 radical (unpaired) electrons. The van der Waals surface area contributed by atoms with E-state index in [4.69, 9.17) is 0 Å². The van der Waals surface area contributed by atoms with Gasteiger partial charge in [0.1, 0.15) is 6.29 Å². The van der Waals surface area contributed by atoms with E-state index in [-0.39, 0.29) is 5.92 Å². The SMILES string of the molecule is CSc1ccc(C2=C(Br)C(C=O)CC2)cc1. The molecule has 1 unspecified atom stereocenters. The lowest BCUT2D eigenvalue weighted by molar-refractivity contribution is -0.109. The first-order valence-corrected chi connectivity index (χ1v) is 7.26. The third-order valence-corrected chi connectivity index (χ3v) is 4.73. The Balaban J connectivity index is 2.30. The third-order valence-electron chi connectivity index (χ3n) is 2.92. The van der Waals surface area contributed by atoms with Gasteiger partial charge in [0.2, 0.25) is 0 Å². The summed E-state index contributed by atoms with van der Waals surface area (Å²) in [6.45, 7) is 0. The Labute approximate surface area is 108 Å². The van der Waals surface area contributed by atoms with Crippen LogP contribution in [0, 0.1) is 5.92 Å². The second-order valence-electron chi connectivity index (χ2n) is 3.84. The molecule has 0 bridgehead atoms. The number of hydrogen-bond acceptors (Lipinski definition) is 2. The summed E-state index contributed by atoms with van der Waals surface area (Å²) in [6.07, 6.45) is 5.03. The molecule has 16 heavy (non-hydrogen) atoms. The molecular formula is C13H13BrOS. The minimum absolute atomic E-state index is 0.0650. The molecule has 0 aliphatic heterocycles. The van der Waals surface area contributed by atoms with E-state index in [1.165, 1.54) is 16.0 Å². The van der Waals surface area contributed by atoms with Crippen LogP contribution in [0.1, 0.15) is 18.4 Å². The highest BCUT2D eigenvalue weighted by molar-refractivity contribution is 9.11. The van der Waals surface area contributed by atoms with Gasteiger partial charge in [-0.3, -0.25) is 0 Å². The van der Waals surface area contributed by atoms with Crippen LogP contribution in [0.15, 0.2) is 33.6 Å². The molecule has 0 spiro atoms. The van der Waals surface area contributed by atoms with Gasteiger partial charge in [0, 0.05) is 15.3 Å². The molecule has 0 amide bonds. The van der Waals surface area contributed by atoms with Crippen molar-refractivity contribution in [3.8, 4) is 0 Å². The van der Waals surface area contributed by atoms with Gasteiger partial charge in [-0.2, -0.15) is 0 Å². The predicted octanol–water partition coefficient (Wildman–Crippen LogP) is 4.12. The molecule has 0 fully saturated rings. The van der Waals surface area contributed by atoms with Crippen LogP contribution in [0.25, 0.3) is 5.57 Å². The highest BCUT2D eigenvalue weighted by Gasteiger charge is 2.23. The zero-order valence-corrected chi connectivity index (χ0v) is 11.5. The Bertz CT molecular complexity index is 422. The summed E-state index contributed by atoms with van der Waals surface area (Å²) in [4.78, 5) is 12.1. The minimum atomic E-state index is 0.0650. The third kappa shape index (κ3) is 2.25. The first-order valence-electron chi connectivity index (χ1n) is 5.24. The molecule has 3 heteroatoms. The maximum atomic E-state index is 10.8. The quantitative estimate of drug-likeness (QED) is 0.616. The van der Waals surface area contributed by atoms with Crippen LogP contribution in [-0.2, 0) is 4.79 Å². The Morgan fingerprint density at radius 3 is 2.56 bits per heavy atom. The number of hydrogen-bond donors (Lipinski definition) is 0. The van der Waals surface area contributed by atoms with Gasteiger partial charge in [-0.1, -0.05) is 28.1 Å². The molecular weight excluding hydrogens is 284 g/mol. The summed E-state index contributed by atoms with van der Waals surface area (Å²) in [7, 11) is 0. The lowest BCUT2D eigenvalue weighted by Gasteiger charge is -2.05. The van der Waals surface area contributed by atoms with Crippen LogP contribution in [-0.4, -0.2) is 12.5 Å². The fraction of sp³-hybridized carbons (Fsp3) is 0.308. The van der Waals surface area contributed by atoms with Gasteiger partial charge in [-0.15, -0.1) is 11.8 Å². The zero-order valence-electron chi connectivity index (χ0n) is 9.07. The topological polar surface area (TPSA) is 17.1 Å². The summed E-state index contributed by atoms with van der Waals surface area (Å²) >= 11 is 5.29. The molecule has 1 atom stereocenters. The second-order valence-corrected chi connectivity index (χ2v) is 5.57. The molecule has 0 aromatic heterocycles. The van der Waals surface area contributed by atoms with E-state index in [9.17, 15) is 4.79 Å². The lowest BCUT2D eigenvalue weighted by atomic mass is 10.1. The number of rotatable bonds is 3. The van der Waals surface area contributed by atoms with E-state index in [1.807, 2.05) is 0 Å². The predicted molar refractivity (Wildman–Crippen MR) is 72.9 cm³/mol. The van der Waals surface area contributed by atoms with Crippen molar-refractivity contribution in [3.05, 3.63) is 34.3 Å². The van der Waals surface area contributed by atoms with Crippen molar-refractivity contribution < 1.29 is 4.79 Å². The van der Waals surface area contributed by atoms with Crippen molar-refractivity contribution in [2.75, 3.05) is 6.26 Å². The van der Waals surface area contributed by atoms with Gasteiger partial charge in [-0.05, 0) is 42.4 Å². The maximum absolute atomic E-state index is 10.8. The average Bonchev–Trinajstić information content (AvgIpc) is 2.70. The molecule has 0 saturated heterocycles. The van der Waals surface area contributed by atoms with Crippen molar-refractivity contribution in [2.24, 2.45) is 5.92 Å². The van der Waals surface area contributed by atoms with Crippen LogP contribution in [0.5, 0.6) is 0 Å². The maximum Gasteiger partial charge on any atom is 0.128 e. The van der Waals surface area contributed by atoms with Crippen LogP contribution in [0.4, 0.5) is 0 Å². The summed E-state index contributed by atoms with van der Waals surface area (Å²) < 4.78 is 1.07. The highest BCUT2D eigenvalue weighted by Crippen LogP contribution is 2.40. The van der Waals surface area contributed by atoms with Gasteiger partial charge in [0.05, 0.1) is 0 Å². The van der Waals surface area contributed by atoms with Gasteiger partial charge >= 0.3 is 0 Å². The van der Waals surface area contributed by atoms with Crippen molar-refractivity contribution in [1.82, 2.24) is 0 Å². The Hall–Kier alpha value is -0.540. The van der Waals surface area contributed by atoms with Crippen LogP contribution in [0.2, 0.25) is 0 Å². The Morgan fingerprint density at radius 2 is 2.06 bits per heavy atom. The largest absolute Gasteiger partial charge is 0.303 e. The van der Waals surface area contributed by atoms with Gasteiger partial charge < -0.3 is 4.79 Å². The van der Waals surface area contributed by atoms with Crippen molar-refractivity contribution in [2.45, 2.75) is 17.7 Å². The molecule has 84 valence electrons. The standard InChI is InChI=1S/C13H13BrOS/c1-16-11-5-2-9(3-6-11)12-7-4-10(8-15)13(12)14/h2-3,5-6,8,10H,4,7H2,1H3. The normalized spacial score (nSPS) is 20.2. The molecule has 1 aliphatic carbocycles. The van der Waals surface area contributed by atoms with Crippen LogP contribution < -0.4 is 0 Å². The number of aldehydes is 1. The molecule has 0 heterocycles. The van der Waals surface area contributed by atoms with Gasteiger partial charge in [-0.25, -0.2) is 0 Å². The summed E-state index contributed by atoms with van der Waals surface area (Å²) in [6, 6.07) is 8.52. The average molecular weight is 297 g/mol. The van der Waals surface area contributed by atoms with Crippen LogP contribution in [0.3, 0.4) is 0 Å². The molecule has 2 rings (SSSR count). The molecule has 1 aromatic rings. The first kappa shape index (κ1) is 11.9. The number of carbonyl (C=O) groups is 1. The fourth-order valence-electron chi connectivity index (χ4n) is 1.97. The van der Waals surface area contributed by atoms with Gasteiger partial charge in [0.25, 0.3) is 0 Å². The monoisotopic (exact) mass is 296 g/mol. The lowest BCUT2D eigenvalue weighted by Crippen LogP contribution is -1.94. The highest BCUT2D eigenvalue weighted by atomic mass is 79.9. The molecule has 0 N–H and O–H groups in total. The Kier molecular flexibility index (Phi) is 3.87. The number of halogens is 1. The fourth-order valence-corrected chi connectivity index (χ4v) is 3.14. The molecule has 1 nitrogen and oxygen atoms in total.